The summed E-state index contributed by atoms with van der Waals surface area (Å²) in [4.78, 5) is 0. The third-order valence-corrected chi connectivity index (χ3v) is 3.70. The summed E-state index contributed by atoms with van der Waals surface area (Å²) in [5.41, 5.74) is -1.11. The molecule has 1 aliphatic heterocycles. The van der Waals surface area contributed by atoms with Crippen LogP contribution in [0.1, 0.15) is 6.92 Å². The van der Waals surface area contributed by atoms with Gasteiger partial charge in [0.2, 0.25) is 0 Å². The fraction of sp³-hybridized carbons (Fsp3) is 0.875. The van der Waals surface area contributed by atoms with Gasteiger partial charge >= 0.3 is 10.4 Å². The molecule has 0 saturated carbocycles. The summed E-state index contributed by atoms with van der Waals surface area (Å²) < 4.78 is 37.9. The molecule has 0 amide bonds. The van der Waals surface area contributed by atoms with Gasteiger partial charge in [-0.25, -0.2) is 4.28 Å². The van der Waals surface area contributed by atoms with Crippen molar-refractivity contribution >= 4 is 27.2 Å². The van der Waals surface area contributed by atoms with Crippen molar-refractivity contribution in [2.75, 3.05) is 6.61 Å². The number of hydrogen-bond acceptors (Lipinski definition) is 10. The van der Waals surface area contributed by atoms with Crippen molar-refractivity contribution in [3.05, 3.63) is 0 Å². The van der Waals surface area contributed by atoms with Crippen molar-refractivity contribution in [3.63, 3.8) is 0 Å². The minimum Gasteiger partial charge on any atom is -0.394 e. The number of thioether (sulfide) groups is 1. The number of ether oxygens (including phenoxy) is 1. The standard InChI is InChI=1S/C8H15NO9S2/c1-3(9-18-20(14,15)16)19-8-7(13)6(12)5(11)4(2-10)17-8/h4-8,10-13H,2H2,1H3,(H,14,15,16)/b9-3-/t4-,5-,6-,7+,8+/m0/s1. The highest BCUT2D eigenvalue weighted by Gasteiger charge is 2.43. The van der Waals surface area contributed by atoms with Crippen LogP contribution in [0, 0.1) is 0 Å². The molecular formula is C8H15NO9S2. The van der Waals surface area contributed by atoms with E-state index in [0.717, 1.165) is 0 Å². The first-order valence-corrected chi connectivity index (χ1v) is 7.58. The van der Waals surface area contributed by atoms with Crippen molar-refractivity contribution in [3.8, 4) is 0 Å². The SMILES string of the molecule is C/C(=N/OS(=O)(=O)O)S[C@H]1O[C@@H](CO)[C@H](O)[C@H](O)[C@H]1O. The lowest BCUT2D eigenvalue weighted by Crippen LogP contribution is -2.57. The molecule has 0 aromatic carbocycles. The van der Waals surface area contributed by atoms with Crippen LogP contribution in [-0.2, 0) is 19.4 Å². The van der Waals surface area contributed by atoms with E-state index in [2.05, 4.69) is 9.44 Å². The quantitative estimate of drug-likeness (QED) is 0.163. The minimum atomic E-state index is -4.74. The number of oxime groups is 1. The Bertz CT molecular complexity index is 451. The highest BCUT2D eigenvalue weighted by atomic mass is 32.3. The Labute approximate surface area is 119 Å². The first kappa shape index (κ1) is 17.6. The fourth-order valence-corrected chi connectivity index (χ4v) is 2.62. The maximum Gasteiger partial charge on any atom is 0.466 e. The molecule has 0 radical (unpaired) electrons. The zero-order chi connectivity index (χ0) is 15.5. The van der Waals surface area contributed by atoms with E-state index in [9.17, 15) is 23.7 Å². The zero-order valence-corrected chi connectivity index (χ0v) is 11.9. The highest BCUT2D eigenvalue weighted by molar-refractivity contribution is 8.14. The summed E-state index contributed by atoms with van der Waals surface area (Å²) in [6.07, 6.45) is -5.61. The molecule has 0 bridgehead atoms. The van der Waals surface area contributed by atoms with Gasteiger partial charge in [0.05, 0.1) is 6.61 Å². The Morgan fingerprint density at radius 2 is 1.90 bits per heavy atom. The van der Waals surface area contributed by atoms with Gasteiger partial charge in [0.25, 0.3) is 0 Å². The van der Waals surface area contributed by atoms with Gasteiger partial charge in [-0.1, -0.05) is 16.9 Å². The topological polar surface area (TPSA) is 166 Å². The van der Waals surface area contributed by atoms with E-state index in [1.54, 1.807) is 0 Å². The summed E-state index contributed by atoms with van der Waals surface area (Å²) in [5, 5.41) is 40.8. The number of hydrogen-bond donors (Lipinski definition) is 5. The molecule has 0 aromatic rings. The van der Waals surface area contributed by atoms with Crippen LogP contribution in [0.15, 0.2) is 5.16 Å². The molecule has 0 spiro atoms. The second-order valence-corrected chi connectivity index (χ2v) is 6.22. The van der Waals surface area contributed by atoms with Crippen LogP contribution >= 0.6 is 11.8 Å². The lowest BCUT2D eigenvalue weighted by molar-refractivity contribution is -0.205. The Morgan fingerprint density at radius 3 is 2.40 bits per heavy atom. The van der Waals surface area contributed by atoms with Crippen molar-refractivity contribution in [1.82, 2.24) is 0 Å². The number of rotatable bonds is 4. The first-order valence-electron chi connectivity index (χ1n) is 5.33. The van der Waals surface area contributed by atoms with Crippen LogP contribution in [-0.4, -0.2) is 74.9 Å². The molecule has 118 valence electrons. The Hall–Kier alpha value is -0.470. The molecule has 5 atom stereocenters. The second-order valence-electron chi connectivity index (χ2n) is 3.93. The van der Waals surface area contributed by atoms with Gasteiger partial charge in [-0.05, 0) is 6.92 Å². The molecular weight excluding hydrogens is 318 g/mol. The van der Waals surface area contributed by atoms with Crippen LogP contribution in [0.4, 0.5) is 0 Å². The lowest BCUT2D eigenvalue weighted by atomic mass is 10.0. The van der Waals surface area contributed by atoms with E-state index in [1.807, 2.05) is 0 Å². The van der Waals surface area contributed by atoms with Crippen LogP contribution in [0.25, 0.3) is 0 Å². The van der Waals surface area contributed by atoms with Gasteiger partial charge in [0.15, 0.2) is 0 Å². The third kappa shape index (κ3) is 4.82. The minimum absolute atomic E-state index is 0.0352. The van der Waals surface area contributed by atoms with Gasteiger partial charge in [-0.15, -0.1) is 0 Å². The summed E-state index contributed by atoms with van der Waals surface area (Å²) in [7, 11) is -4.74. The molecule has 0 aromatic heterocycles. The molecule has 5 N–H and O–H groups in total. The summed E-state index contributed by atoms with van der Waals surface area (Å²) in [6.45, 7) is 0.719. The van der Waals surface area contributed by atoms with Crippen molar-refractivity contribution in [2.45, 2.75) is 36.8 Å². The van der Waals surface area contributed by atoms with Gasteiger partial charge in [0.1, 0.15) is 34.9 Å². The maximum atomic E-state index is 10.3. The third-order valence-electron chi connectivity index (χ3n) is 2.40. The fourth-order valence-electron chi connectivity index (χ4n) is 1.45. The Morgan fingerprint density at radius 1 is 1.30 bits per heavy atom. The smallest absolute Gasteiger partial charge is 0.394 e. The van der Waals surface area contributed by atoms with E-state index < -0.39 is 46.9 Å². The van der Waals surface area contributed by atoms with E-state index in [-0.39, 0.29) is 5.04 Å². The predicted octanol–water partition coefficient (Wildman–Crippen LogP) is -2.33. The molecule has 1 aliphatic rings. The van der Waals surface area contributed by atoms with Gasteiger partial charge in [-0.3, -0.25) is 4.55 Å². The molecule has 0 unspecified atom stereocenters. The summed E-state index contributed by atoms with van der Waals surface area (Å²) >= 11 is 0.689. The zero-order valence-electron chi connectivity index (χ0n) is 10.2. The van der Waals surface area contributed by atoms with E-state index in [4.69, 9.17) is 14.4 Å². The molecule has 1 rings (SSSR count). The lowest BCUT2D eigenvalue weighted by Gasteiger charge is -2.39. The number of aliphatic hydroxyl groups excluding tert-OH is 4. The van der Waals surface area contributed by atoms with Crippen LogP contribution in [0.5, 0.6) is 0 Å². The molecule has 20 heavy (non-hydrogen) atoms. The van der Waals surface area contributed by atoms with Crippen LogP contribution < -0.4 is 0 Å². The molecule has 1 heterocycles. The number of aliphatic hydroxyl groups is 4. The average molecular weight is 333 g/mol. The van der Waals surface area contributed by atoms with Crippen molar-refractivity contribution in [2.24, 2.45) is 5.16 Å². The normalized spacial score (nSPS) is 35.9. The van der Waals surface area contributed by atoms with Crippen molar-refractivity contribution < 1.29 is 42.4 Å². The second kappa shape index (κ2) is 7.00. The predicted molar refractivity (Wildman–Crippen MR) is 67.1 cm³/mol. The molecule has 1 saturated heterocycles. The maximum absolute atomic E-state index is 10.3. The average Bonchev–Trinajstić information content (AvgIpc) is 2.36. The molecule has 12 heteroatoms. The molecule has 10 nitrogen and oxygen atoms in total. The van der Waals surface area contributed by atoms with Crippen LogP contribution in [0.3, 0.4) is 0 Å². The molecule has 1 fully saturated rings. The Kier molecular flexibility index (Phi) is 6.15. The summed E-state index contributed by atoms with van der Waals surface area (Å²) in [6, 6.07) is 0. The van der Waals surface area contributed by atoms with Crippen molar-refractivity contribution in [1.29, 1.82) is 0 Å². The molecule has 0 aliphatic carbocycles. The van der Waals surface area contributed by atoms with E-state index in [1.165, 1.54) is 6.92 Å². The highest BCUT2D eigenvalue weighted by Crippen LogP contribution is 2.29. The van der Waals surface area contributed by atoms with Crippen LogP contribution in [0.2, 0.25) is 0 Å². The van der Waals surface area contributed by atoms with E-state index in [0.29, 0.717) is 11.8 Å². The van der Waals surface area contributed by atoms with Gasteiger partial charge in [-0.2, -0.15) is 8.42 Å². The van der Waals surface area contributed by atoms with Gasteiger partial charge < -0.3 is 25.2 Å². The summed E-state index contributed by atoms with van der Waals surface area (Å²) in [5.74, 6) is 0. The first-order chi connectivity index (χ1) is 9.15. The largest absolute Gasteiger partial charge is 0.466 e. The number of nitrogens with zero attached hydrogens (tertiary/aromatic N) is 1. The Balaban J connectivity index is 2.71. The monoisotopic (exact) mass is 333 g/mol. The van der Waals surface area contributed by atoms with E-state index >= 15 is 0 Å². The van der Waals surface area contributed by atoms with Gasteiger partial charge in [0, 0.05) is 0 Å².